The number of halogens is 3. The highest BCUT2D eigenvalue weighted by Gasteiger charge is 2.61. The number of carbonyl (C=O) groups is 2. The first-order valence-corrected chi connectivity index (χ1v) is 11.4. The van der Waals surface area contributed by atoms with Crippen LogP contribution in [0.1, 0.15) is 79.1 Å². The molecule has 1 amide bonds. The second-order valence-electron chi connectivity index (χ2n) is 11.3. The van der Waals surface area contributed by atoms with Gasteiger partial charge in [-0.15, -0.1) is 0 Å². The topological polar surface area (TPSA) is 46.2 Å². The van der Waals surface area contributed by atoms with Crippen molar-refractivity contribution in [1.82, 2.24) is 5.32 Å². The van der Waals surface area contributed by atoms with Gasteiger partial charge in [-0.05, 0) is 93.5 Å². The highest BCUT2D eigenvalue weighted by Crippen LogP contribution is 2.66. The summed E-state index contributed by atoms with van der Waals surface area (Å²) in [5.41, 5.74) is -1.09. The largest absolute Gasteiger partial charge is 0.410 e. The normalized spacial score (nSPS) is 41.4. The number of hydrogen-bond donors (Lipinski definition) is 1. The third-order valence-corrected chi connectivity index (χ3v) is 9.42. The molecule has 30 heavy (non-hydrogen) atoms. The Kier molecular flexibility index (Phi) is 4.98. The minimum Gasteiger partial charge on any atom is -0.342 e. The molecule has 0 radical (unpaired) electrons. The van der Waals surface area contributed by atoms with Crippen molar-refractivity contribution in [2.75, 3.05) is 0 Å². The molecule has 4 rings (SSSR count). The monoisotopic (exact) mass is 425 g/mol. The average Bonchev–Trinajstić information content (AvgIpc) is 2.98. The Morgan fingerprint density at radius 1 is 1.03 bits per heavy atom. The van der Waals surface area contributed by atoms with E-state index in [1.165, 1.54) is 5.57 Å². The molecule has 0 aliphatic heterocycles. The van der Waals surface area contributed by atoms with Gasteiger partial charge in [-0.3, -0.25) is 9.59 Å². The van der Waals surface area contributed by atoms with Gasteiger partial charge in [0, 0.05) is 12.3 Å². The summed E-state index contributed by atoms with van der Waals surface area (Å²) in [4.78, 5) is 25.0. The number of nitrogens with one attached hydrogen (secondary N) is 1. The molecule has 0 aromatic rings. The molecule has 0 aromatic heterocycles. The minimum atomic E-state index is -4.47. The van der Waals surface area contributed by atoms with Crippen molar-refractivity contribution in [3.8, 4) is 0 Å². The fraction of sp³-hybridized carbons (Fsp3) is 0.833. The van der Waals surface area contributed by atoms with Gasteiger partial charge >= 0.3 is 6.18 Å². The smallest absolute Gasteiger partial charge is 0.342 e. The Balaban J connectivity index is 1.55. The Morgan fingerprint density at radius 2 is 1.73 bits per heavy atom. The van der Waals surface area contributed by atoms with Crippen molar-refractivity contribution in [1.29, 1.82) is 0 Å². The molecule has 3 fully saturated rings. The molecule has 3 saturated carbocycles. The highest BCUT2D eigenvalue weighted by atomic mass is 19.4. The number of hydrogen-bond acceptors (Lipinski definition) is 2. The van der Waals surface area contributed by atoms with E-state index in [1.807, 2.05) is 6.08 Å². The SMILES string of the molecule is CC(C)(NC(=O)C1CC[C@H]2[C@@H]3CCC4=CC(=O)CC[C@]4(C)[C@@H]3CC[C@]12C)C(F)(F)F. The molecule has 1 unspecified atom stereocenters. The van der Waals surface area contributed by atoms with Crippen molar-refractivity contribution in [2.45, 2.75) is 90.8 Å². The van der Waals surface area contributed by atoms with Crippen LogP contribution in [-0.2, 0) is 9.59 Å². The fourth-order valence-corrected chi connectivity index (χ4v) is 7.46. The molecule has 0 spiro atoms. The Bertz CT molecular complexity index is 786. The summed E-state index contributed by atoms with van der Waals surface area (Å²) in [5.74, 6) is 0.822. The van der Waals surface area contributed by atoms with Crippen molar-refractivity contribution in [2.24, 2.45) is 34.5 Å². The van der Waals surface area contributed by atoms with Crippen molar-refractivity contribution >= 4 is 11.7 Å². The van der Waals surface area contributed by atoms with Crippen LogP contribution in [0.25, 0.3) is 0 Å². The zero-order chi connectivity index (χ0) is 22.1. The number of amides is 1. The highest BCUT2D eigenvalue weighted by molar-refractivity contribution is 5.91. The summed E-state index contributed by atoms with van der Waals surface area (Å²) in [7, 11) is 0. The number of alkyl halides is 3. The molecule has 3 nitrogen and oxygen atoms in total. The van der Waals surface area contributed by atoms with Crippen LogP contribution in [0.3, 0.4) is 0 Å². The van der Waals surface area contributed by atoms with Crippen LogP contribution in [0.4, 0.5) is 13.2 Å². The number of rotatable bonds is 2. The maximum atomic E-state index is 13.3. The Hall–Kier alpha value is -1.33. The molecule has 6 atom stereocenters. The average molecular weight is 426 g/mol. The predicted octanol–water partition coefficient (Wildman–Crippen LogP) is 5.59. The lowest BCUT2D eigenvalue weighted by Gasteiger charge is -2.58. The standard InChI is InChI=1S/C24H34F3NO2/c1-21(2,24(25,26)27)28-20(30)19-8-7-17-16-6-5-14-13-15(29)9-11-22(14,3)18(16)10-12-23(17,19)4/h13,16-19H,5-12H2,1-4H3,(H,28,30)/t16-,17-,18+,19?,22-,23-/m0/s1. The third kappa shape index (κ3) is 3.15. The first-order valence-electron chi connectivity index (χ1n) is 11.4. The lowest BCUT2D eigenvalue weighted by atomic mass is 9.47. The third-order valence-electron chi connectivity index (χ3n) is 9.42. The van der Waals surface area contributed by atoms with Gasteiger partial charge in [-0.2, -0.15) is 13.2 Å². The molecule has 0 bridgehead atoms. The molecule has 168 valence electrons. The van der Waals surface area contributed by atoms with Gasteiger partial charge in [0.25, 0.3) is 0 Å². The van der Waals surface area contributed by atoms with E-state index in [4.69, 9.17) is 0 Å². The first kappa shape index (κ1) is 21.9. The van der Waals surface area contributed by atoms with E-state index < -0.39 is 17.6 Å². The maximum Gasteiger partial charge on any atom is 0.410 e. The summed E-state index contributed by atoms with van der Waals surface area (Å²) in [6.45, 7) is 6.53. The van der Waals surface area contributed by atoms with Crippen molar-refractivity contribution in [3.05, 3.63) is 11.6 Å². The summed E-state index contributed by atoms with van der Waals surface area (Å²) in [6.07, 6.45) is 4.35. The van der Waals surface area contributed by atoms with Crippen molar-refractivity contribution < 1.29 is 22.8 Å². The molecular weight excluding hydrogens is 391 g/mol. The van der Waals surface area contributed by atoms with E-state index in [2.05, 4.69) is 19.2 Å². The van der Waals surface area contributed by atoms with Gasteiger partial charge in [-0.1, -0.05) is 19.4 Å². The van der Waals surface area contributed by atoms with Crippen LogP contribution in [0.5, 0.6) is 0 Å². The molecule has 0 heterocycles. The number of allylic oxidation sites excluding steroid dienone is 1. The zero-order valence-electron chi connectivity index (χ0n) is 18.5. The molecular formula is C24H34F3NO2. The number of fused-ring (bicyclic) bond motifs is 5. The molecule has 4 aliphatic carbocycles. The molecule has 4 aliphatic rings. The lowest BCUT2D eigenvalue weighted by Crippen LogP contribution is -2.58. The van der Waals surface area contributed by atoms with Crippen LogP contribution < -0.4 is 5.32 Å². The summed E-state index contributed by atoms with van der Waals surface area (Å²) in [5, 5.41) is 2.32. The Morgan fingerprint density at radius 3 is 2.40 bits per heavy atom. The van der Waals surface area contributed by atoms with Crippen LogP contribution in [0.2, 0.25) is 0 Å². The number of ketones is 1. The second kappa shape index (κ2) is 6.83. The summed E-state index contributed by atoms with van der Waals surface area (Å²) < 4.78 is 39.9. The Labute approximate surface area is 177 Å². The lowest BCUT2D eigenvalue weighted by molar-refractivity contribution is -0.190. The van der Waals surface area contributed by atoms with Crippen molar-refractivity contribution in [3.63, 3.8) is 0 Å². The number of carbonyl (C=O) groups excluding carboxylic acids is 2. The van der Waals surface area contributed by atoms with E-state index in [-0.39, 0.29) is 22.5 Å². The van der Waals surface area contributed by atoms with Gasteiger partial charge in [0.1, 0.15) is 5.54 Å². The van der Waals surface area contributed by atoms with E-state index in [1.54, 1.807) is 0 Å². The summed E-state index contributed by atoms with van der Waals surface area (Å²) in [6, 6.07) is 0. The molecule has 1 N–H and O–H groups in total. The quantitative estimate of drug-likeness (QED) is 0.627. The van der Waals surface area contributed by atoms with E-state index in [0.717, 1.165) is 52.4 Å². The van der Waals surface area contributed by atoms with E-state index in [9.17, 15) is 22.8 Å². The first-order chi connectivity index (χ1) is 13.8. The van der Waals surface area contributed by atoms with Crippen LogP contribution in [0.15, 0.2) is 11.6 Å². The maximum absolute atomic E-state index is 13.3. The van der Waals surface area contributed by atoms with Gasteiger partial charge < -0.3 is 5.32 Å². The zero-order valence-corrected chi connectivity index (χ0v) is 18.5. The van der Waals surface area contributed by atoms with Crippen LogP contribution in [0, 0.1) is 34.5 Å². The van der Waals surface area contributed by atoms with Gasteiger partial charge in [0.15, 0.2) is 5.78 Å². The fourth-order valence-electron chi connectivity index (χ4n) is 7.46. The predicted molar refractivity (Wildman–Crippen MR) is 108 cm³/mol. The summed E-state index contributed by atoms with van der Waals surface area (Å²) >= 11 is 0. The minimum absolute atomic E-state index is 0.0662. The molecule has 0 aromatic carbocycles. The van der Waals surface area contributed by atoms with E-state index >= 15 is 0 Å². The van der Waals surface area contributed by atoms with Gasteiger partial charge in [-0.25, -0.2) is 0 Å². The van der Waals surface area contributed by atoms with Gasteiger partial charge in [0.05, 0.1) is 0 Å². The van der Waals surface area contributed by atoms with Gasteiger partial charge in [0.2, 0.25) is 5.91 Å². The second-order valence-corrected chi connectivity index (χ2v) is 11.3. The van der Waals surface area contributed by atoms with E-state index in [0.29, 0.717) is 30.6 Å². The molecule has 6 heteroatoms. The molecule has 0 saturated heterocycles. The van der Waals surface area contributed by atoms with Crippen LogP contribution in [-0.4, -0.2) is 23.4 Å². The van der Waals surface area contributed by atoms with Crippen LogP contribution >= 0.6 is 0 Å².